The predicted molar refractivity (Wildman–Crippen MR) is 114 cm³/mol. The molecule has 3 rings (SSSR count). The molecule has 32 heavy (non-hydrogen) atoms. The van der Waals surface area contributed by atoms with Gasteiger partial charge in [0, 0.05) is 36.9 Å². The largest absolute Gasteiger partial charge is 0.508 e. The number of aromatic hydroxyl groups is 2. The average molecular weight is 442 g/mol. The molecule has 168 valence electrons. The lowest BCUT2D eigenvalue weighted by Gasteiger charge is -2.11. The zero-order chi connectivity index (χ0) is 23.3. The van der Waals surface area contributed by atoms with Crippen LogP contribution in [0.2, 0.25) is 0 Å². The molecule has 0 radical (unpaired) electrons. The van der Waals surface area contributed by atoms with E-state index in [0.717, 1.165) is 19.0 Å². The van der Waals surface area contributed by atoms with Crippen molar-refractivity contribution in [3.05, 3.63) is 58.3 Å². The third-order valence-electron chi connectivity index (χ3n) is 4.40. The quantitative estimate of drug-likeness (QED) is 0.258. The molecule has 0 spiro atoms. The van der Waals surface area contributed by atoms with Crippen LogP contribution in [0.25, 0.3) is 11.3 Å². The van der Waals surface area contributed by atoms with Gasteiger partial charge in [-0.15, -0.1) is 0 Å². The van der Waals surface area contributed by atoms with Crippen LogP contribution in [0.15, 0.2) is 47.0 Å². The summed E-state index contributed by atoms with van der Waals surface area (Å²) >= 11 is 0. The van der Waals surface area contributed by atoms with Gasteiger partial charge in [-0.25, -0.2) is 0 Å². The van der Waals surface area contributed by atoms with Crippen molar-refractivity contribution in [3.63, 3.8) is 0 Å². The highest BCUT2D eigenvalue weighted by atomic mass is 16.6. The third-order valence-corrected chi connectivity index (χ3v) is 4.40. The van der Waals surface area contributed by atoms with Crippen molar-refractivity contribution < 1.29 is 29.2 Å². The van der Waals surface area contributed by atoms with E-state index in [1.165, 1.54) is 36.4 Å². The second-order valence-electron chi connectivity index (χ2n) is 7.18. The first-order valence-corrected chi connectivity index (χ1v) is 9.63. The lowest BCUT2D eigenvalue weighted by Crippen LogP contribution is -2.27. The molecule has 0 aliphatic heterocycles. The molecule has 0 aliphatic carbocycles. The first-order chi connectivity index (χ1) is 15.2. The van der Waals surface area contributed by atoms with Crippen LogP contribution in [0.1, 0.15) is 16.9 Å². The van der Waals surface area contributed by atoms with Gasteiger partial charge in [-0.3, -0.25) is 14.9 Å². The number of carbonyl (C=O) groups is 1. The number of phenolic OH excluding ortho intramolecular Hbond substituents is 2. The SMILES string of the molecule is CN(C)CCCNC(=O)c1cc(-c2c(O)cc(O)cc2Oc2ccc([N+](=O)[O-])cc2)on1. The molecule has 11 nitrogen and oxygen atoms in total. The Hall–Kier alpha value is -4.12. The van der Waals surface area contributed by atoms with Crippen molar-refractivity contribution in [1.29, 1.82) is 0 Å². The number of rotatable bonds is 9. The predicted octanol–water partition coefficient (Wildman–Crippen LogP) is 3.13. The Bertz CT molecular complexity index is 1110. The number of hydrogen-bond acceptors (Lipinski definition) is 9. The molecule has 0 unspecified atom stereocenters. The van der Waals surface area contributed by atoms with Crippen molar-refractivity contribution in [3.8, 4) is 34.3 Å². The van der Waals surface area contributed by atoms with Crippen molar-refractivity contribution in [2.24, 2.45) is 0 Å². The van der Waals surface area contributed by atoms with Crippen molar-refractivity contribution in [2.75, 3.05) is 27.2 Å². The van der Waals surface area contributed by atoms with E-state index in [-0.39, 0.29) is 45.7 Å². The van der Waals surface area contributed by atoms with Gasteiger partial charge in [0.05, 0.1) is 4.92 Å². The number of non-ortho nitro benzene ring substituents is 1. The maximum atomic E-state index is 12.3. The minimum Gasteiger partial charge on any atom is -0.508 e. The topological polar surface area (TPSA) is 151 Å². The lowest BCUT2D eigenvalue weighted by atomic mass is 10.1. The Kier molecular flexibility index (Phi) is 6.90. The van der Waals surface area contributed by atoms with Gasteiger partial charge in [0.25, 0.3) is 11.6 Å². The van der Waals surface area contributed by atoms with Gasteiger partial charge < -0.3 is 29.7 Å². The first kappa shape index (κ1) is 22.6. The van der Waals surface area contributed by atoms with E-state index in [2.05, 4.69) is 10.5 Å². The summed E-state index contributed by atoms with van der Waals surface area (Å²) in [6.07, 6.45) is 0.759. The van der Waals surface area contributed by atoms with E-state index >= 15 is 0 Å². The van der Waals surface area contributed by atoms with E-state index < -0.39 is 10.8 Å². The third kappa shape index (κ3) is 5.52. The highest BCUT2D eigenvalue weighted by molar-refractivity contribution is 5.93. The smallest absolute Gasteiger partial charge is 0.273 e. The fourth-order valence-electron chi connectivity index (χ4n) is 2.87. The molecule has 0 atom stereocenters. The second-order valence-corrected chi connectivity index (χ2v) is 7.18. The number of ether oxygens (including phenoxy) is 1. The van der Waals surface area contributed by atoms with Gasteiger partial charge in [0.1, 0.15) is 28.6 Å². The number of nitro benzene ring substituents is 1. The van der Waals surface area contributed by atoms with Crippen LogP contribution >= 0.6 is 0 Å². The van der Waals surface area contributed by atoms with Crippen LogP contribution in [-0.2, 0) is 0 Å². The number of phenols is 2. The Labute approximate surface area is 183 Å². The van der Waals surface area contributed by atoms with E-state index in [0.29, 0.717) is 6.54 Å². The number of aromatic nitrogens is 1. The molecule has 0 fully saturated rings. The number of nitro groups is 1. The minimum atomic E-state index is -0.545. The maximum absolute atomic E-state index is 12.3. The number of carbonyl (C=O) groups excluding carboxylic acids is 1. The molecule has 0 saturated carbocycles. The van der Waals surface area contributed by atoms with Gasteiger partial charge in [0.2, 0.25) is 0 Å². The molecule has 0 aliphatic rings. The molecule has 0 bridgehead atoms. The molecule has 2 aromatic carbocycles. The Balaban J connectivity index is 1.82. The van der Waals surface area contributed by atoms with E-state index in [9.17, 15) is 25.1 Å². The van der Waals surface area contributed by atoms with Crippen LogP contribution < -0.4 is 10.1 Å². The molecule has 3 aromatic rings. The number of benzene rings is 2. The standard InChI is InChI=1S/C21H22N4O7/c1-24(2)9-3-8-22-21(28)16-12-19(32-23-16)20-17(27)10-14(26)11-18(20)31-15-6-4-13(5-7-15)25(29)30/h4-7,10-12,26-27H,3,8-9H2,1-2H3,(H,22,28). The number of amides is 1. The summed E-state index contributed by atoms with van der Waals surface area (Å²) in [6.45, 7) is 1.27. The van der Waals surface area contributed by atoms with Gasteiger partial charge in [-0.1, -0.05) is 5.16 Å². The normalized spacial score (nSPS) is 10.8. The molecular formula is C21H22N4O7. The number of hydrogen-bond donors (Lipinski definition) is 3. The Morgan fingerprint density at radius 1 is 1.22 bits per heavy atom. The van der Waals surface area contributed by atoms with Crippen LogP contribution in [0.3, 0.4) is 0 Å². The first-order valence-electron chi connectivity index (χ1n) is 9.63. The van der Waals surface area contributed by atoms with Crippen molar-refractivity contribution >= 4 is 11.6 Å². The molecule has 11 heteroatoms. The second kappa shape index (κ2) is 9.79. The summed E-state index contributed by atoms with van der Waals surface area (Å²) in [5, 5.41) is 37.5. The maximum Gasteiger partial charge on any atom is 0.273 e. The zero-order valence-corrected chi connectivity index (χ0v) is 17.4. The van der Waals surface area contributed by atoms with Crippen molar-refractivity contribution in [2.45, 2.75) is 6.42 Å². The van der Waals surface area contributed by atoms with Gasteiger partial charge in [0.15, 0.2) is 11.5 Å². The van der Waals surface area contributed by atoms with Crippen LogP contribution in [0.5, 0.6) is 23.0 Å². The summed E-state index contributed by atoms with van der Waals surface area (Å²) in [6, 6.07) is 8.92. The van der Waals surface area contributed by atoms with Crippen LogP contribution in [0.4, 0.5) is 5.69 Å². The molecule has 1 heterocycles. The fourth-order valence-corrected chi connectivity index (χ4v) is 2.87. The van der Waals surface area contributed by atoms with Gasteiger partial charge in [-0.05, 0) is 39.2 Å². The summed E-state index contributed by atoms with van der Waals surface area (Å²) in [5.41, 5.74) is -0.0493. The summed E-state index contributed by atoms with van der Waals surface area (Å²) in [5.74, 6) is -0.809. The average Bonchev–Trinajstić information content (AvgIpc) is 3.20. The molecule has 1 amide bonds. The van der Waals surface area contributed by atoms with E-state index in [1.807, 2.05) is 19.0 Å². The van der Waals surface area contributed by atoms with Crippen LogP contribution in [-0.4, -0.2) is 58.3 Å². The zero-order valence-electron chi connectivity index (χ0n) is 17.4. The fraction of sp³-hybridized carbons (Fsp3) is 0.238. The summed E-state index contributed by atoms with van der Waals surface area (Å²) in [4.78, 5) is 24.6. The van der Waals surface area contributed by atoms with E-state index in [1.54, 1.807) is 0 Å². The monoisotopic (exact) mass is 442 g/mol. The highest BCUT2D eigenvalue weighted by Crippen LogP contribution is 2.43. The minimum absolute atomic E-state index is 0.00504. The van der Waals surface area contributed by atoms with E-state index in [4.69, 9.17) is 9.26 Å². The highest BCUT2D eigenvalue weighted by Gasteiger charge is 2.21. The Morgan fingerprint density at radius 2 is 1.94 bits per heavy atom. The van der Waals surface area contributed by atoms with Gasteiger partial charge >= 0.3 is 0 Å². The van der Waals surface area contributed by atoms with Gasteiger partial charge in [-0.2, -0.15) is 0 Å². The number of nitrogens with zero attached hydrogens (tertiary/aromatic N) is 3. The molecule has 1 aromatic heterocycles. The molecular weight excluding hydrogens is 420 g/mol. The number of nitrogens with one attached hydrogen (secondary N) is 1. The molecule has 0 saturated heterocycles. The summed E-state index contributed by atoms with van der Waals surface area (Å²) in [7, 11) is 3.87. The Morgan fingerprint density at radius 3 is 2.59 bits per heavy atom. The van der Waals surface area contributed by atoms with Crippen molar-refractivity contribution in [1.82, 2.24) is 15.4 Å². The molecule has 3 N–H and O–H groups in total. The van der Waals surface area contributed by atoms with Crippen LogP contribution in [0, 0.1) is 10.1 Å². The summed E-state index contributed by atoms with van der Waals surface area (Å²) < 4.78 is 10.9. The lowest BCUT2D eigenvalue weighted by molar-refractivity contribution is -0.384.